The molecule has 2 saturated heterocycles. The second-order valence-corrected chi connectivity index (χ2v) is 12.5. The molecular formula is C27H34O8. The summed E-state index contributed by atoms with van der Waals surface area (Å²) in [7, 11) is 1.36. The zero-order valence-electron chi connectivity index (χ0n) is 21.0. The molecule has 6 rings (SSSR count). The predicted octanol–water partition coefficient (Wildman–Crippen LogP) is 3.37. The largest absolute Gasteiger partial charge is 0.472 e. The van der Waals surface area contributed by atoms with Crippen molar-refractivity contribution >= 4 is 17.7 Å². The molecule has 8 heteroatoms. The van der Waals surface area contributed by atoms with Gasteiger partial charge in [0, 0.05) is 34.7 Å². The molecule has 3 bridgehead atoms. The first-order chi connectivity index (χ1) is 16.4. The fourth-order valence-electron chi connectivity index (χ4n) is 9.38. The SMILES string of the molecule is COC(=O)C[C@@H]1C(C)(C)[C@@H]2O[C@@]34C[C@@H]2C(=O)[C@]1(C)[C@H]3CC[C@@]1(C)[C@H](c2ccoc2)OC(=O)C[C@]14O. The van der Waals surface area contributed by atoms with E-state index in [1.165, 1.54) is 13.4 Å². The molecule has 35 heavy (non-hydrogen) atoms. The van der Waals surface area contributed by atoms with Gasteiger partial charge in [-0.1, -0.05) is 27.7 Å². The van der Waals surface area contributed by atoms with Gasteiger partial charge in [0.15, 0.2) is 0 Å². The van der Waals surface area contributed by atoms with E-state index in [9.17, 15) is 19.5 Å². The minimum atomic E-state index is -1.55. The van der Waals surface area contributed by atoms with E-state index in [4.69, 9.17) is 18.6 Å². The van der Waals surface area contributed by atoms with E-state index in [1.807, 2.05) is 13.8 Å². The lowest BCUT2D eigenvalue weighted by atomic mass is 9.37. The number of furan rings is 1. The highest BCUT2D eigenvalue weighted by Crippen LogP contribution is 2.77. The number of rotatable bonds is 3. The van der Waals surface area contributed by atoms with Gasteiger partial charge in [0.1, 0.15) is 23.1 Å². The molecule has 5 aliphatic rings. The molecule has 1 N–H and O–H groups in total. The van der Waals surface area contributed by atoms with E-state index in [0.29, 0.717) is 24.8 Å². The van der Waals surface area contributed by atoms with Gasteiger partial charge in [-0.15, -0.1) is 0 Å². The molecule has 3 heterocycles. The molecule has 9 atom stereocenters. The number of Topliss-reactive ketones (excluding diaryl/α,β-unsaturated/α-hetero) is 1. The highest BCUT2D eigenvalue weighted by Gasteiger charge is 2.84. The van der Waals surface area contributed by atoms with Crippen LogP contribution in [0.15, 0.2) is 23.0 Å². The van der Waals surface area contributed by atoms with Crippen LogP contribution >= 0.6 is 0 Å². The number of fused-ring (bicyclic) bond motifs is 3. The van der Waals surface area contributed by atoms with Crippen molar-refractivity contribution in [3.63, 3.8) is 0 Å². The molecular weight excluding hydrogens is 452 g/mol. The van der Waals surface area contributed by atoms with Crippen molar-refractivity contribution in [3.8, 4) is 0 Å². The molecule has 1 spiro atoms. The fourth-order valence-corrected chi connectivity index (χ4v) is 9.38. The minimum Gasteiger partial charge on any atom is -0.472 e. The van der Waals surface area contributed by atoms with E-state index in [0.717, 1.165) is 0 Å². The van der Waals surface area contributed by atoms with E-state index in [1.54, 1.807) is 12.3 Å². The molecule has 2 aliphatic heterocycles. The van der Waals surface area contributed by atoms with Crippen molar-refractivity contribution in [3.05, 3.63) is 24.2 Å². The molecule has 3 aliphatic carbocycles. The van der Waals surface area contributed by atoms with Crippen LogP contribution in [0.5, 0.6) is 0 Å². The van der Waals surface area contributed by atoms with Gasteiger partial charge in [-0.3, -0.25) is 14.4 Å². The number of methoxy groups -OCH3 is 1. The third-order valence-corrected chi connectivity index (χ3v) is 11.0. The topological polar surface area (TPSA) is 112 Å². The monoisotopic (exact) mass is 486 g/mol. The standard InChI is InChI=1S/C27H34O8/c1-23(2)17(10-18(28)32-5)25(4)16-6-8-24(3)21(14-7-9-33-13-14)34-19(29)12-27(24,31)26(16)11-15(20(25)30)22(23)35-26/h7,9,13,15-17,21-22,31H,6,8,10-12H2,1-5H3/t15-,16-,17-,21+,22-,24+,25-,26+,27+/m1/s1. The van der Waals surface area contributed by atoms with Crippen LogP contribution in [0.25, 0.3) is 0 Å². The Bertz CT molecular complexity index is 1110. The summed E-state index contributed by atoms with van der Waals surface area (Å²) >= 11 is 0. The molecule has 5 fully saturated rings. The van der Waals surface area contributed by atoms with Crippen molar-refractivity contribution in [2.75, 3.05) is 7.11 Å². The molecule has 3 saturated carbocycles. The van der Waals surface area contributed by atoms with Crippen molar-refractivity contribution in [1.29, 1.82) is 0 Å². The average Bonchev–Trinajstić information content (AvgIpc) is 3.44. The van der Waals surface area contributed by atoms with Crippen LogP contribution in [0.2, 0.25) is 0 Å². The Kier molecular flexibility index (Phi) is 4.49. The summed E-state index contributed by atoms with van der Waals surface area (Å²) in [6, 6.07) is 1.77. The van der Waals surface area contributed by atoms with E-state index >= 15 is 0 Å². The van der Waals surface area contributed by atoms with Gasteiger partial charge in [-0.2, -0.15) is 0 Å². The first-order valence-electron chi connectivity index (χ1n) is 12.6. The lowest BCUT2D eigenvalue weighted by Gasteiger charge is -2.67. The van der Waals surface area contributed by atoms with Crippen LogP contribution in [0.4, 0.5) is 0 Å². The predicted molar refractivity (Wildman–Crippen MR) is 121 cm³/mol. The van der Waals surface area contributed by atoms with Crippen LogP contribution < -0.4 is 0 Å². The quantitative estimate of drug-likeness (QED) is 0.648. The number of ketones is 1. The van der Waals surface area contributed by atoms with E-state index in [2.05, 4.69) is 13.8 Å². The Labute approximate surface area is 204 Å². The zero-order valence-corrected chi connectivity index (χ0v) is 21.0. The number of esters is 2. The molecule has 1 aromatic heterocycles. The van der Waals surface area contributed by atoms with Gasteiger partial charge in [-0.05, 0) is 36.7 Å². The molecule has 0 radical (unpaired) electrons. The van der Waals surface area contributed by atoms with E-state index in [-0.39, 0.29) is 36.4 Å². The van der Waals surface area contributed by atoms with Crippen molar-refractivity contribution in [1.82, 2.24) is 0 Å². The number of carbonyl (C=O) groups excluding carboxylic acids is 3. The maximum absolute atomic E-state index is 14.0. The van der Waals surface area contributed by atoms with Crippen LogP contribution in [-0.2, 0) is 28.6 Å². The second kappa shape index (κ2) is 6.76. The Morgan fingerprint density at radius 1 is 1.23 bits per heavy atom. The Balaban J connectivity index is 1.54. The first-order valence-corrected chi connectivity index (χ1v) is 12.6. The van der Waals surface area contributed by atoms with Gasteiger partial charge in [0.05, 0.1) is 32.2 Å². The number of hydrogen-bond donors (Lipinski definition) is 1. The molecule has 8 nitrogen and oxygen atoms in total. The smallest absolute Gasteiger partial charge is 0.309 e. The normalized spacial score (nSPS) is 49.3. The van der Waals surface area contributed by atoms with Gasteiger partial charge < -0.3 is 23.7 Å². The van der Waals surface area contributed by atoms with Crippen LogP contribution in [0.1, 0.15) is 71.5 Å². The minimum absolute atomic E-state index is 0.111. The van der Waals surface area contributed by atoms with Crippen molar-refractivity contribution in [2.45, 2.75) is 83.2 Å². The van der Waals surface area contributed by atoms with Gasteiger partial charge in [0.25, 0.3) is 0 Å². The first kappa shape index (κ1) is 23.2. The molecule has 0 unspecified atom stereocenters. The number of aliphatic hydroxyl groups is 1. The maximum atomic E-state index is 14.0. The summed E-state index contributed by atoms with van der Waals surface area (Å²) in [5, 5.41) is 12.8. The average molecular weight is 487 g/mol. The van der Waals surface area contributed by atoms with Crippen LogP contribution in [0.3, 0.4) is 0 Å². The summed E-state index contributed by atoms with van der Waals surface area (Å²) in [5.74, 6) is -1.76. The molecule has 190 valence electrons. The van der Waals surface area contributed by atoms with Crippen molar-refractivity contribution in [2.24, 2.45) is 34.0 Å². The Morgan fingerprint density at radius 2 is 1.97 bits per heavy atom. The lowest BCUT2D eigenvalue weighted by Crippen LogP contribution is -2.76. The van der Waals surface area contributed by atoms with Crippen LogP contribution in [0, 0.1) is 34.0 Å². The highest BCUT2D eigenvalue weighted by atomic mass is 16.6. The van der Waals surface area contributed by atoms with Gasteiger partial charge >= 0.3 is 11.9 Å². The highest BCUT2D eigenvalue weighted by molar-refractivity contribution is 5.92. The number of carbonyl (C=O) groups is 3. The second-order valence-electron chi connectivity index (χ2n) is 12.5. The fraction of sp³-hybridized carbons (Fsp3) is 0.741. The maximum Gasteiger partial charge on any atom is 0.309 e. The summed E-state index contributed by atoms with van der Waals surface area (Å²) in [5.41, 5.74) is -4.18. The number of cyclic esters (lactones) is 1. The summed E-state index contributed by atoms with van der Waals surface area (Å²) in [4.78, 5) is 39.6. The Morgan fingerprint density at radius 3 is 2.63 bits per heavy atom. The zero-order chi connectivity index (χ0) is 25.2. The van der Waals surface area contributed by atoms with Gasteiger partial charge in [-0.25, -0.2) is 0 Å². The summed E-state index contributed by atoms with van der Waals surface area (Å²) in [6.45, 7) is 8.05. The van der Waals surface area contributed by atoms with Crippen molar-refractivity contribution < 1.29 is 38.1 Å². The molecule has 0 amide bonds. The van der Waals surface area contributed by atoms with E-state index < -0.39 is 51.5 Å². The third kappa shape index (κ3) is 2.43. The lowest BCUT2D eigenvalue weighted by molar-refractivity contribution is -0.316. The third-order valence-electron chi connectivity index (χ3n) is 11.0. The Hall–Kier alpha value is -2.19. The summed E-state index contributed by atoms with van der Waals surface area (Å²) in [6.07, 6.45) is 3.39. The molecule has 1 aromatic rings. The van der Waals surface area contributed by atoms with Crippen LogP contribution in [-0.4, -0.2) is 47.2 Å². The number of ether oxygens (including phenoxy) is 3. The van der Waals surface area contributed by atoms with Gasteiger partial charge in [0.2, 0.25) is 0 Å². The summed E-state index contributed by atoms with van der Waals surface area (Å²) < 4.78 is 23.1. The number of hydrogen-bond acceptors (Lipinski definition) is 8. The molecule has 0 aromatic carbocycles.